The molecule has 0 aliphatic carbocycles. The summed E-state index contributed by atoms with van der Waals surface area (Å²) in [6, 6.07) is 5.54. The second-order valence-corrected chi connectivity index (χ2v) is 6.32. The first kappa shape index (κ1) is 18.5. The van der Waals surface area contributed by atoms with Crippen LogP contribution in [0.5, 0.6) is 5.75 Å². The Morgan fingerprint density at radius 3 is 2.45 bits per heavy atom. The van der Waals surface area contributed by atoms with Gasteiger partial charge in [0.1, 0.15) is 5.75 Å². The van der Waals surface area contributed by atoms with Crippen LogP contribution in [0.1, 0.15) is 32.8 Å². The molecule has 0 radical (unpaired) electrons. The van der Waals surface area contributed by atoms with Gasteiger partial charge in [0.2, 0.25) is 0 Å². The predicted molar refractivity (Wildman–Crippen MR) is 88.1 cm³/mol. The van der Waals surface area contributed by atoms with Crippen molar-refractivity contribution in [3.8, 4) is 5.75 Å². The lowest BCUT2D eigenvalue weighted by atomic mass is 10.2. The summed E-state index contributed by atoms with van der Waals surface area (Å²) in [5.41, 5.74) is 1.09. The van der Waals surface area contributed by atoms with Crippen molar-refractivity contribution in [2.24, 2.45) is 0 Å². The van der Waals surface area contributed by atoms with Crippen molar-refractivity contribution in [2.45, 2.75) is 46.3 Å². The molecule has 1 aromatic rings. The first-order valence-electron chi connectivity index (χ1n) is 7.17. The molecule has 0 aromatic heterocycles. The van der Waals surface area contributed by atoms with Crippen LogP contribution < -0.4 is 4.74 Å². The number of amides is 1. The average molecular weight is 372 g/mol. The molecule has 1 aromatic carbocycles. The summed E-state index contributed by atoms with van der Waals surface area (Å²) in [5.74, 6) is -0.551. The summed E-state index contributed by atoms with van der Waals surface area (Å²) >= 11 is 3.41. The van der Waals surface area contributed by atoms with Crippen LogP contribution in [0.4, 0.5) is 0 Å². The van der Waals surface area contributed by atoms with Gasteiger partial charge in [-0.3, -0.25) is 9.59 Å². The highest BCUT2D eigenvalue weighted by Crippen LogP contribution is 2.27. The van der Waals surface area contributed by atoms with Crippen molar-refractivity contribution in [3.63, 3.8) is 0 Å². The highest BCUT2D eigenvalue weighted by Gasteiger charge is 2.25. The van der Waals surface area contributed by atoms with Gasteiger partial charge in [0.25, 0.3) is 5.91 Å². The van der Waals surface area contributed by atoms with Crippen molar-refractivity contribution < 1.29 is 19.4 Å². The van der Waals surface area contributed by atoms with E-state index in [9.17, 15) is 9.59 Å². The summed E-state index contributed by atoms with van der Waals surface area (Å²) in [4.78, 5) is 24.7. The number of carbonyl (C=O) groups is 2. The Hall–Kier alpha value is -1.56. The van der Waals surface area contributed by atoms with E-state index in [1.807, 2.05) is 32.9 Å². The molecule has 1 atom stereocenters. The molecule has 0 spiro atoms. The third-order valence-electron chi connectivity index (χ3n) is 3.21. The van der Waals surface area contributed by atoms with Crippen LogP contribution in [0.15, 0.2) is 22.7 Å². The normalized spacial score (nSPS) is 12.1. The molecule has 0 saturated carbocycles. The van der Waals surface area contributed by atoms with Crippen LogP contribution >= 0.6 is 15.9 Å². The first-order valence-corrected chi connectivity index (χ1v) is 7.96. The maximum absolute atomic E-state index is 12.5. The van der Waals surface area contributed by atoms with Gasteiger partial charge in [-0.05, 0) is 61.3 Å². The molecule has 1 rings (SSSR count). The SMILES string of the molecule is Cc1ccc(OC(C)C(=O)N(CCC(=O)O)C(C)C)c(Br)c1. The van der Waals surface area contributed by atoms with Gasteiger partial charge < -0.3 is 14.7 Å². The van der Waals surface area contributed by atoms with Crippen LogP contribution in [0.3, 0.4) is 0 Å². The zero-order valence-corrected chi connectivity index (χ0v) is 14.9. The first-order chi connectivity index (χ1) is 10.2. The van der Waals surface area contributed by atoms with E-state index in [1.54, 1.807) is 13.0 Å². The van der Waals surface area contributed by atoms with E-state index in [-0.39, 0.29) is 24.9 Å². The number of carboxylic acid groups (broad SMARTS) is 1. The molecule has 122 valence electrons. The molecule has 0 heterocycles. The molecular weight excluding hydrogens is 350 g/mol. The second kappa shape index (κ2) is 8.17. The number of halogens is 1. The molecule has 0 fully saturated rings. The van der Waals surface area contributed by atoms with Gasteiger partial charge >= 0.3 is 5.97 Å². The van der Waals surface area contributed by atoms with Gasteiger partial charge in [-0.25, -0.2) is 0 Å². The Labute approximate surface area is 139 Å². The standard InChI is InChI=1S/C16H22BrNO4/c1-10(2)18(8-7-15(19)20)16(21)12(4)22-14-6-5-11(3)9-13(14)17/h5-6,9-10,12H,7-8H2,1-4H3,(H,19,20). The maximum Gasteiger partial charge on any atom is 0.305 e. The fourth-order valence-electron chi connectivity index (χ4n) is 2.01. The largest absolute Gasteiger partial charge is 0.481 e. The van der Waals surface area contributed by atoms with Crippen LogP contribution in [0.25, 0.3) is 0 Å². The minimum absolute atomic E-state index is 0.0785. The molecule has 0 bridgehead atoms. The number of carboxylic acids is 1. The highest BCUT2D eigenvalue weighted by atomic mass is 79.9. The van der Waals surface area contributed by atoms with Gasteiger partial charge in [0.05, 0.1) is 10.9 Å². The summed E-state index contributed by atoms with van der Waals surface area (Å²) < 4.78 is 6.50. The van der Waals surface area contributed by atoms with Crippen LogP contribution in [0.2, 0.25) is 0 Å². The van der Waals surface area contributed by atoms with Crippen LogP contribution in [-0.4, -0.2) is 40.6 Å². The van der Waals surface area contributed by atoms with Gasteiger partial charge in [-0.15, -0.1) is 0 Å². The molecule has 0 saturated heterocycles. The number of benzene rings is 1. The third kappa shape index (κ3) is 5.33. The lowest BCUT2D eigenvalue weighted by molar-refractivity contribution is -0.142. The molecular formula is C16H22BrNO4. The Morgan fingerprint density at radius 2 is 1.95 bits per heavy atom. The molecule has 1 amide bonds. The lowest BCUT2D eigenvalue weighted by Gasteiger charge is -2.29. The zero-order chi connectivity index (χ0) is 16.9. The van der Waals surface area contributed by atoms with Crippen LogP contribution in [-0.2, 0) is 9.59 Å². The van der Waals surface area contributed by atoms with Crippen molar-refractivity contribution in [2.75, 3.05) is 6.54 Å². The van der Waals surface area contributed by atoms with E-state index < -0.39 is 12.1 Å². The maximum atomic E-state index is 12.5. The minimum atomic E-state index is -0.923. The summed E-state index contributed by atoms with van der Waals surface area (Å²) in [7, 11) is 0. The van der Waals surface area contributed by atoms with Gasteiger partial charge in [0, 0.05) is 12.6 Å². The fourth-order valence-corrected chi connectivity index (χ4v) is 2.60. The van der Waals surface area contributed by atoms with E-state index in [0.29, 0.717) is 5.75 Å². The van der Waals surface area contributed by atoms with Gasteiger partial charge in [-0.2, -0.15) is 0 Å². The average Bonchev–Trinajstić information content (AvgIpc) is 2.41. The molecule has 0 aliphatic heterocycles. The minimum Gasteiger partial charge on any atom is -0.481 e. The number of nitrogens with zero attached hydrogens (tertiary/aromatic N) is 1. The van der Waals surface area contributed by atoms with Crippen molar-refractivity contribution >= 4 is 27.8 Å². The molecule has 1 N–H and O–H groups in total. The van der Waals surface area contributed by atoms with Crippen molar-refractivity contribution in [3.05, 3.63) is 28.2 Å². The zero-order valence-electron chi connectivity index (χ0n) is 13.3. The monoisotopic (exact) mass is 371 g/mol. The molecule has 0 aliphatic rings. The quantitative estimate of drug-likeness (QED) is 0.798. The summed E-state index contributed by atoms with van der Waals surface area (Å²) in [6.45, 7) is 7.53. The number of ether oxygens (including phenoxy) is 1. The van der Waals surface area contributed by atoms with Crippen molar-refractivity contribution in [1.82, 2.24) is 4.90 Å². The molecule has 1 unspecified atom stereocenters. The van der Waals surface area contributed by atoms with E-state index in [2.05, 4.69) is 15.9 Å². The Bertz CT molecular complexity index is 545. The van der Waals surface area contributed by atoms with Crippen LogP contribution in [0, 0.1) is 6.92 Å². The Morgan fingerprint density at radius 1 is 1.32 bits per heavy atom. The number of hydrogen-bond donors (Lipinski definition) is 1. The fraction of sp³-hybridized carbons (Fsp3) is 0.500. The second-order valence-electron chi connectivity index (χ2n) is 5.46. The number of carbonyl (C=O) groups excluding carboxylic acids is 1. The summed E-state index contributed by atoms with van der Waals surface area (Å²) in [5, 5.41) is 8.79. The predicted octanol–water partition coefficient (Wildman–Crippen LogP) is 3.24. The van der Waals surface area contributed by atoms with E-state index >= 15 is 0 Å². The number of hydrogen-bond acceptors (Lipinski definition) is 3. The third-order valence-corrected chi connectivity index (χ3v) is 3.83. The number of aliphatic carboxylic acids is 1. The van der Waals surface area contributed by atoms with E-state index in [4.69, 9.17) is 9.84 Å². The number of aryl methyl sites for hydroxylation is 1. The van der Waals surface area contributed by atoms with Gasteiger partial charge in [0.15, 0.2) is 6.10 Å². The van der Waals surface area contributed by atoms with Gasteiger partial charge in [-0.1, -0.05) is 6.07 Å². The summed E-state index contributed by atoms with van der Waals surface area (Å²) in [6.07, 6.45) is -0.764. The molecule has 6 heteroatoms. The lowest BCUT2D eigenvalue weighted by Crippen LogP contribution is -2.45. The van der Waals surface area contributed by atoms with E-state index in [0.717, 1.165) is 10.0 Å². The Kier molecular flexibility index (Phi) is 6.87. The Balaban J connectivity index is 2.78. The highest BCUT2D eigenvalue weighted by molar-refractivity contribution is 9.10. The molecule has 22 heavy (non-hydrogen) atoms. The number of rotatable bonds is 7. The van der Waals surface area contributed by atoms with Crippen molar-refractivity contribution in [1.29, 1.82) is 0 Å². The smallest absolute Gasteiger partial charge is 0.305 e. The van der Waals surface area contributed by atoms with E-state index in [1.165, 1.54) is 4.90 Å². The topological polar surface area (TPSA) is 66.8 Å². The molecule has 5 nitrogen and oxygen atoms in total.